The number of benzene rings is 2. The van der Waals surface area contributed by atoms with Crippen molar-refractivity contribution < 1.29 is 4.79 Å². The smallest absolute Gasteiger partial charge is 0.255 e. The van der Waals surface area contributed by atoms with Gasteiger partial charge >= 0.3 is 0 Å². The topological polar surface area (TPSA) is 58.9 Å². The summed E-state index contributed by atoms with van der Waals surface area (Å²) in [6.07, 6.45) is 0. The molecule has 0 radical (unpaired) electrons. The van der Waals surface area contributed by atoms with Gasteiger partial charge in [-0.3, -0.25) is 9.48 Å². The van der Waals surface area contributed by atoms with E-state index in [4.69, 9.17) is 0 Å². The van der Waals surface area contributed by atoms with Gasteiger partial charge in [0, 0.05) is 23.5 Å². The van der Waals surface area contributed by atoms with Crippen LogP contribution in [0.3, 0.4) is 0 Å². The lowest BCUT2D eigenvalue weighted by molar-refractivity contribution is 0.102. The minimum atomic E-state index is -0.100. The molecule has 148 valence electrons. The number of rotatable bonds is 7. The molecule has 28 heavy (non-hydrogen) atoms. The Labute approximate surface area is 172 Å². The summed E-state index contributed by atoms with van der Waals surface area (Å²) in [6.45, 7) is 8.42. The van der Waals surface area contributed by atoms with Crippen LogP contribution in [0.25, 0.3) is 0 Å². The molecule has 1 aromatic heterocycles. The first-order valence-electron chi connectivity index (χ1n) is 9.26. The zero-order valence-electron chi connectivity index (χ0n) is 16.5. The first kappa shape index (κ1) is 21.7. The monoisotopic (exact) mass is 398 g/mol. The fourth-order valence-electron chi connectivity index (χ4n) is 3.02. The van der Waals surface area contributed by atoms with Gasteiger partial charge in [0.15, 0.2) is 0 Å². The number of para-hydroxylation sites is 1. The molecule has 3 rings (SSSR count). The van der Waals surface area contributed by atoms with Gasteiger partial charge in [0.25, 0.3) is 5.91 Å². The minimum Gasteiger partial charge on any atom is -0.322 e. The average molecular weight is 399 g/mol. The van der Waals surface area contributed by atoms with Gasteiger partial charge in [0.2, 0.25) is 0 Å². The molecule has 1 amide bonds. The van der Waals surface area contributed by atoms with E-state index in [1.54, 1.807) is 0 Å². The lowest BCUT2D eigenvalue weighted by atomic mass is 10.1. The quantitative estimate of drug-likeness (QED) is 0.622. The summed E-state index contributed by atoms with van der Waals surface area (Å²) >= 11 is 0. The van der Waals surface area contributed by atoms with Crippen molar-refractivity contribution in [3.8, 4) is 0 Å². The van der Waals surface area contributed by atoms with Crippen LogP contribution in [0.5, 0.6) is 0 Å². The van der Waals surface area contributed by atoms with E-state index in [0.717, 1.165) is 41.3 Å². The van der Waals surface area contributed by atoms with Crippen LogP contribution in [0.2, 0.25) is 0 Å². The molecular weight excluding hydrogens is 372 g/mol. The SMILES string of the molecule is CCNCc1ccccc1NC(=O)c1ccc(Cn2nc(C)cc2C)cc1.Cl. The first-order chi connectivity index (χ1) is 13.1. The van der Waals surface area contributed by atoms with Crippen LogP contribution in [-0.2, 0) is 13.1 Å². The fourth-order valence-corrected chi connectivity index (χ4v) is 3.02. The molecule has 2 aromatic carbocycles. The maximum Gasteiger partial charge on any atom is 0.255 e. The Morgan fingerprint density at radius 3 is 2.43 bits per heavy atom. The van der Waals surface area contributed by atoms with Crippen molar-refractivity contribution in [1.29, 1.82) is 0 Å². The second-order valence-electron chi connectivity index (χ2n) is 6.67. The van der Waals surface area contributed by atoms with E-state index in [9.17, 15) is 4.79 Å². The molecule has 0 fully saturated rings. The third-order valence-electron chi connectivity index (χ3n) is 4.48. The highest BCUT2D eigenvalue weighted by molar-refractivity contribution is 6.04. The second-order valence-corrected chi connectivity index (χ2v) is 6.67. The third kappa shape index (κ3) is 5.44. The Morgan fingerprint density at radius 1 is 1.07 bits per heavy atom. The highest BCUT2D eigenvalue weighted by Gasteiger charge is 2.09. The number of nitrogens with one attached hydrogen (secondary N) is 2. The predicted octanol–water partition coefficient (Wildman–Crippen LogP) is 4.33. The van der Waals surface area contributed by atoms with Gasteiger partial charge in [-0.1, -0.05) is 37.3 Å². The van der Waals surface area contributed by atoms with Crippen LogP contribution in [0.1, 0.15) is 39.8 Å². The Balaban J connectivity index is 0.00000280. The first-order valence-corrected chi connectivity index (χ1v) is 9.26. The van der Waals surface area contributed by atoms with Gasteiger partial charge in [-0.2, -0.15) is 5.10 Å². The molecule has 0 aliphatic rings. The summed E-state index contributed by atoms with van der Waals surface area (Å²) < 4.78 is 1.97. The standard InChI is InChI=1S/C22H26N4O.ClH/c1-4-23-14-20-7-5-6-8-21(20)24-22(27)19-11-9-18(10-12-19)15-26-17(3)13-16(2)25-26;/h5-13,23H,4,14-15H2,1-3H3,(H,24,27);1H. The van der Waals surface area contributed by atoms with Crippen molar-refractivity contribution in [2.45, 2.75) is 33.9 Å². The maximum atomic E-state index is 12.6. The largest absolute Gasteiger partial charge is 0.322 e. The number of carbonyl (C=O) groups excluding carboxylic acids is 1. The lowest BCUT2D eigenvalue weighted by Crippen LogP contribution is -2.17. The molecule has 2 N–H and O–H groups in total. The number of anilines is 1. The molecule has 0 atom stereocenters. The van der Waals surface area contributed by atoms with Gasteiger partial charge in [-0.25, -0.2) is 0 Å². The van der Waals surface area contributed by atoms with Gasteiger partial charge in [-0.05, 0) is 55.8 Å². The zero-order chi connectivity index (χ0) is 19.2. The van der Waals surface area contributed by atoms with Crippen molar-refractivity contribution in [2.24, 2.45) is 0 Å². The Hall–Kier alpha value is -2.63. The highest BCUT2D eigenvalue weighted by Crippen LogP contribution is 2.17. The van der Waals surface area contributed by atoms with E-state index in [1.165, 1.54) is 0 Å². The van der Waals surface area contributed by atoms with Crippen LogP contribution >= 0.6 is 12.4 Å². The number of nitrogens with zero attached hydrogens (tertiary/aromatic N) is 2. The number of hydrogen-bond acceptors (Lipinski definition) is 3. The predicted molar refractivity (Wildman–Crippen MR) is 116 cm³/mol. The summed E-state index contributed by atoms with van der Waals surface area (Å²) in [4.78, 5) is 12.6. The van der Waals surface area contributed by atoms with E-state index in [2.05, 4.69) is 28.7 Å². The van der Waals surface area contributed by atoms with Crippen molar-refractivity contribution in [2.75, 3.05) is 11.9 Å². The molecule has 0 bridgehead atoms. The van der Waals surface area contributed by atoms with Crippen molar-refractivity contribution in [3.05, 3.63) is 82.7 Å². The number of aromatic nitrogens is 2. The molecule has 0 saturated carbocycles. The number of carbonyl (C=O) groups is 1. The van der Waals surface area contributed by atoms with E-state index in [-0.39, 0.29) is 18.3 Å². The third-order valence-corrected chi connectivity index (χ3v) is 4.48. The molecule has 0 aliphatic heterocycles. The van der Waals surface area contributed by atoms with Gasteiger partial charge < -0.3 is 10.6 Å². The van der Waals surface area contributed by atoms with Crippen LogP contribution < -0.4 is 10.6 Å². The molecule has 0 unspecified atom stereocenters. The van der Waals surface area contributed by atoms with Crippen molar-refractivity contribution in [1.82, 2.24) is 15.1 Å². The number of aryl methyl sites for hydroxylation is 2. The molecule has 0 aliphatic carbocycles. The molecule has 3 aromatic rings. The van der Waals surface area contributed by atoms with Gasteiger partial charge in [0.1, 0.15) is 0 Å². The van der Waals surface area contributed by atoms with Gasteiger partial charge in [-0.15, -0.1) is 12.4 Å². The molecule has 5 nitrogen and oxygen atoms in total. The highest BCUT2D eigenvalue weighted by atomic mass is 35.5. The summed E-state index contributed by atoms with van der Waals surface area (Å²) in [7, 11) is 0. The van der Waals surface area contributed by atoms with Crippen molar-refractivity contribution in [3.63, 3.8) is 0 Å². The second kappa shape index (κ2) is 10.1. The summed E-state index contributed by atoms with van der Waals surface area (Å²) in [6, 6.07) is 17.6. The normalized spacial score (nSPS) is 10.4. The Kier molecular flexibility index (Phi) is 7.79. The number of amides is 1. The average Bonchev–Trinajstić information content (AvgIpc) is 2.98. The van der Waals surface area contributed by atoms with Crippen LogP contribution in [0.15, 0.2) is 54.6 Å². The van der Waals surface area contributed by atoms with Crippen LogP contribution in [0, 0.1) is 13.8 Å². The van der Waals surface area contributed by atoms with E-state index >= 15 is 0 Å². The molecule has 0 saturated heterocycles. The minimum absolute atomic E-state index is 0. The molecule has 6 heteroatoms. The van der Waals surface area contributed by atoms with Crippen molar-refractivity contribution >= 4 is 24.0 Å². The van der Waals surface area contributed by atoms with Gasteiger partial charge in [0.05, 0.1) is 12.2 Å². The molecular formula is C22H27ClN4O. The number of hydrogen-bond donors (Lipinski definition) is 2. The van der Waals surface area contributed by atoms with E-state index in [0.29, 0.717) is 12.1 Å². The number of halogens is 1. The summed E-state index contributed by atoms with van der Waals surface area (Å²) in [5.41, 5.74) is 5.83. The zero-order valence-corrected chi connectivity index (χ0v) is 17.3. The van der Waals surface area contributed by atoms with E-state index < -0.39 is 0 Å². The Bertz CT molecular complexity index is 919. The maximum absolute atomic E-state index is 12.6. The fraction of sp³-hybridized carbons (Fsp3) is 0.273. The molecule has 0 spiro atoms. The lowest BCUT2D eigenvalue weighted by Gasteiger charge is -2.12. The Morgan fingerprint density at radius 2 is 1.79 bits per heavy atom. The summed E-state index contributed by atoms with van der Waals surface area (Å²) in [5.74, 6) is -0.100. The molecule has 1 heterocycles. The van der Waals surface area contributed by atoms with Crippen LogP contribution in [-0.4, -0.2) is 22.2 Å². The van der Waals surface area contributed by atoms with E-state index in [1.807, 2.05) is 67.1 Å². The van der Waals surface area contributed by atoms with Crippen LogP contribution in [0.4, 0.5) is 5.69 Å². The summed E-state index contributed by atoms with van der Waals surface area (Å²) in [5, 5.41) is 10.8.